The summed E-state index contributed by atoms with van der Waals surface area (Å²) < 4.78 is 0. The van der Waals surface area contributed by atoms with Crippen LogP contribution in [0.1, 0.15) is 65.2 Å². The van der Waals surface area contributed by atoms with Crippen molar-refractivity contribution in [3.63, 3.8) is 0 Å². The number of nitrogens with two attached hydrogens (primary N) is 1. The summed E-state index contributed by atoms with van der Waals surface area (Å²) in [6.07, 6.45) is 10.8. The van der Waals surface area contributed by atoms with Crippen molar-refractivity contribution in [3.05, 3.63) is 0 Å². The molecule has 0 bridgehead atoms. The van der Waals surface area contributed by atoms with Crippen LogP contribution in [0.2, 0.25) is 0 Å². The molecule has 0 unspecified atom stereocenters. The topological polar surface area (TPSA) is 29.3 Å². The Morgan fingerprint density at radius 1 is 1.12 bits per heavy atom. The number of nitrogens with zero attached hydrogens (tertiary/aromatic N) is 1. The van der Waals surface area contributed by atoms with Crippen molar-refractivity contribution in [2.75, 3.05) is 13.1 Å². The van der Waals surface area contributed by atoms with Crippen LogP contribution in [0, 0.1) is 5.92 Å². The zero-order valence-corrected chi connectivity index (χ0v) is 11.8. The van der Waals surface area contributed by atoms with Gasteiger partial charge in [0.15, 0.2) is 0 Å². The molecule has 0 aromatic rings. The van der Waals surface area contributed by atoms with Gasteiger partial charge >= 0.3 is 0 Å². The van der Waals surface area contributed by atoms with Crippen LogP contribution in [0.3, 0.4) is 0 Å². The lowest BCUT2D eigenvalue weighted by Crippen LogP contribution is -2.51. The second-order valence-corrected chi connectivity index (χ2v) is 6.83. The van der Waals surface area contributed by atoms with Crippen LogP contribution in [0.15, 0.2) is 0 Å². The van der Waals surface area contributed by atoms with Crippen LogP contribution in [0.25, 0.3) is 0 Å². The third kappa shape index (κ3) is 3.69. The summed E-state index contributed by atoms with van der Waals surface area (Å²) in [5.41, 5.74) is 6.70. The predicted octanol–water partition coefficient (Wildman–Crippen LogP) is 3.16. The molecule has 0 aromatic carbocycles. The molecule has 0 radical (unpaired) electrons. The molecular formula is C15H30N2. The molecule has 2 fully saturated rings. The van der Waals surface area contributed by atoms with Crippen LogP contribution >= 0.6 is 0 Å². The van der Waals surface area contributed by atoms with Crippen molar-refractivity contribution in [2.45, 2.75) is 76.8 Å². The first-order valence-corrected chi connectivity index (χ1v) is 7.62. The lowest BCUT2D eigenvalue weighted by molar-refractivity contribution is 0.137. The summed E-state index contributed by atoms with van der Waals surface area (Å²) in [4.78, 5) is 2.73. The van der Waals surface area contributed by atoms with Gasteiger partial charge in [0.1, 0.15) is 0 Å². The van der Waals surface area contributed by atoms with Gasteiger partial charge in [-0.25, -0.2) is 0 Å². The molecule has 0 heterocycles. The van der Waals surface area contributed by atoms with Gasteiger partial charge in [-0.3, -0.25) is 4.90 Å². The van der Waals surface area contributed by atoms with E-state index in [2.05, 4.69) is 18.7 Å². The minimum absolute atomic E-state index is 0.136. The van der Waals surface area contributed by atoms with Crippen molar-refractivity contribution >= 4 is 0 Å². The van der Waals surface area contributed by atoms with E-state index in [0.29, 0.717) is 0 Å². The predicted molar refractivity (Wildman–Crippen MR) is 74.1 cm³/mol. The molecular weight excluding hydrogens is 208 g/mol. The van der Waals surface area contributed by atoms with Gasteiger partial charge in [0.25, 0.3) is 0 Å². The van der Waals surface area contributed by atoms with Crippen molar-refractivity contribution < 1.29 is 0 Å². The lowest BCUT2D eigenvalue weighted by atomic mass is 9.96. The fourth-order valence-corrected chi connectivity index (χ4v) is 3.72. The Balaban J connectivity index is 1.94. The monoisotopic (exact) mass is 238 g/mol. The molecule has 2 nitrogen and oxygen atoms in total. The van der Waals surface area contributed by atoms with Gasteiger partial charge in [0, 0.05) is 24.7 Å². The highest BCUT2D eigenvalue weighted by Gasteiger charge is 2.34. The first kappa shape index (κ1) is 13.4. The van der Waals surface area contributed by atoms with Gasteiger partial charge < -0.3 is 5.73 Å². The second kappa shape index (κ2) is 5.71. The number of hydrogen-bond donors (Lipinski definition) is 1. The SMILES string of the molecule is CC(C)CN(CC1(N)CCCC1)C1CCCC1. The summed E-state index contributed by atoms with van der Waals surface area (Å²) >= 11 is 0. The van der Waals surface area contributed by atoms with Crippen LogP contribution < -0.4 is 5.73 Å². The molecule has 2 rings (SSSR count). The fourth-order valence-electron chi connectivity index (χ4n) is 3.72. The van der Waals surface area contributed by atoms with E-state index in [9.17, 15) is 0 Å². The van der Waals surface area contributed by atoms with E-state index in [4.69, 9.17) is 5.73 Å². The molecule has 2 saturated carbocycles. The van der Waals surface area contributed by atoms with Gasteiger partial charge in [0.05, 0.1) is 0 Å². The summed E-state index contributed by atoms with van der Waals surface area (Å²) in [7, 11) is 0. The molecule has 0 aromatic heterocycles. The summed E-state index contributed by atoms with van der Waals surface area (Å²) in [6, 6.07) is 0.832. The highest BCUT2D eigenvalue weighted by atomic mass is 15.2. The van der Waals surface area contributed by atoms with E-state index in [1.54, 1.807) is 0 Å². The van der Waals surface area contributed by atoms with Gasteiger partial charge in [-0.1, -0.05) is 39.5 Å². The van der Waals surface area contributed by atoms with Crippen LogP contribution in [0.5, 0.6) is 0 Å². The minimum atomic E-state index is 0.136. The summed E-state index contributed by atoms with van der Waals surface area (Å²) in [6.45, 7) is 7.05. The maximum atomic E-state index is 6.56. The first-order chi connectivity index (χ1) is 8.09. The summed E-state index contributed by atoms with van der Waals surface area (Å²) in [5.74, 6) is 0.764. The van der Waals surface area contributed by atoms with Crippen LogP contribution in [-0.2, 0) is 0 Å². The van der Waals surface area contributed by atoms with Crippen molar-refractivity contribution in [3.8, 4) is 0 Å². The Kier molecular flexibility index (Phi) is 4.48. The highest BCUT2D eigenvalue weighted by Crippen LogP contribution is 2.31. The quantitative estimate of drug-likeness (QED) is 0.797. The second-order valence-electron chi connectivity index (χ2n) is 6.83. The van der Waals surface area contributed by atoms with E-state index < -0.39 is 0 Å². The zero-order chi connectivity index (χ0) is 12.3. The van der Waals surface area contributed by atoms with E-state index in [0.717, 1.165) is 18.5 Å². The fraction of sp³-hybridized carbons (Fsp3) is 1.00. The van der Waals surface area contributed by atoms with Crippen molar-refractivity contribution in [1.29, 1.82) is 0 Å². The molecule has 17 heavy (non-hydrogen) atoms. The molecule has 2 heteroatoms. The summed E-state index contributed by atoms with van der Waals surface area (Å²) in [5, 5.41) is 0. The average Bonchev–Trinajstić information content (AvgIpc) is 2.87. The maximum absolute atomic E-state index is 6.56. The number of hydrogen-bond acceptors (Lipinski definition) is 2. The maximum Gasteiger partial charge on any atom is 0.0283 e. The first-order valence-electron chi connectivity index (χ1n) is 7.62. The van der Waals surface area contributed by atoms with E-state index in [1.807, 2.05) is 0 Å². The van der Waals surface area contributed by atoms with Crippen molar-refractivity contribution in [2.24, 2.45) is 11.7 Å². The average molecular weight is 238 g/mol. The molecule has 2 N–H and O–H groups in total. The molecule has 0 spiro atoms. The van der Waals surface area contributed by atoms with E-state index in [-0.39, 0.29) is 5.54 Å². The molecule has 2 aliphatic carbocycles. The van der Waals surface area contributed by atoms with Crippen molar-refractivity contribution in [1.82, 2.24) is 4.90 Å². The largest absolute Gasteiger partial charge is 0.324 e. The molecule has 2 aliphatic rings. The molecule has 0 amide bonds. The Hall–Kier alpha value is -0.0800. The van der Waals surface area contributed by atoms with Crippen LogP contribution in [-0.4, -0.2) is 29.6 Å². The Morgan fingerprint density at radius 3 is 2.24 bits per heavy atom. The smallest absolute Gasteiger partial charge is 0.0283 e. The molecule has 100 valence electrons. The van der Waals surface area contributed by atoms with E-state index >= 15 is 0 Å². The standard InChI is InChI=1S/C15H30N2/c1-13(2)11-17(14-7-3-4-8-14)12-15(16)9-5-6-10-15/h13-14H,3-12,16H2,1-2H3. The molecule has 0 aliphatic heterocycles. The Bertz CT molecular complexity index is 225. The van der Waals surface area contributed by atoms with Gasteiger partial charge in [0.2, 0.25) is 0 Å². The van der Waals surface area contributed by atoms with Gasteiger partial charge in [-0.15, -0.1) is 0 Å². The third-order valence-electron chi connectivity index (χ3n) is 4.56. The normalized spacial score (nSPS) is 25.2. The molecule has 0 atom stereocenters. The third-order valence-corrected chi connectivity index (χ3v) is 4.56. The van der Waals surface area contributed by atoms with E-state index in [1.165, 1.54) is 57.9 Å². The van der Waals surface area contributed by atoms with Gasteiger partial charge in [-0.2, -0.15) is 0 Å². The Labute approximate surface area is 107 Å². The highest BCUT2D eigenvalue weighted by molar-refractivity contribution is 4.94. The Morgan fingerprint density at radius 2 is 1.71 bits per heavy atom. The zero-order valence-electron chi connectivity index (χ0n) is 11.8. The van der Waals surface area contributed by atoms with Crippen LogP contribution in [0.4, 0.5) is 0 Å². The minimum Gasteiger partial charge on any atom is -0.324 e. The lowest BCUT2D eigenvalue weighted by Gasteiger charge is -2.37. The molecule has 0 saturated heterocycles. The van der Waals surface area contributed by atoms with Gasteiger partial charge in [-0.05, 0) is 31.6 Å². The number of rotatable bonds is 5.